The molecule has 2 aliphatic rings. The molecule has 1 aromatic rings. The van der Waals surface area contributed by atoms with Crippen LogP contribution in [0.3, 0.4) is 0 Å². The first-order chi connectivity index (χ1) is 12.4. The van der Waals surface area contributed by atoms with Crippen molar-refractivity contribution < 1.29 is 24.2 Å². The molecule has 8 nitrogen and oxygen atoms in total. The summed E-state index contributed by atoms with van der Waals surface area (Å²) in [5, 5.41) is 12.4. The minimum Gasteiger partial charge on any atom is -0.484 e. The van der Waals surface area contributed by atoms with E-state index < -0.39 is 17.3 Å². The lowest BCUT2D eigenvalue weighted by atomic mass is 9.81. The molecular formula is C18H23N3O5. The third kappa shape index (κ3) is 3.58. The number of carbonyl (C=O) groups is 3. The zero-order valence-electron chi connectivity index (χ0n) is 14.4. The van der Waals surface area contributed by atoms with Gasteiger partial charge in [0, 0.05) is 19.6 Å². The van der Waals surface area contributed by atoms with Crippen molar-refractivity contribution in [3.05, 3.63) is 29.8 Å². The lowest BCUT2D eigenvalue weighted by molar-refractivity contribution is -0.149. The third-order valence-corrected chi connectivity index (χ3v) is 5.31. The average Bonchev–Trinajstić information content (AvgIpc) is 3.16. The van der Waals surface area contributed by atoms with Crippen molar-refractivity contribution in [2.45, 2.75) is 25.8 Å². The topological polar surface area (TPSA) is 122 Å². The summed E-state index contributed by atoms with van der Waals surface area (Å²) in [5.41, 5.74) is 5.08. The van der Waals surface area contributed by atoms with Crippen molar-refractivity contribution in [1.82, 2.24) is 10.2 Å². The van der Waals surface area contributed by atoms with E-state index in [-0.39, 0.29) is 31.6 Å². The number of nitrogens with one attached hydrogen (secondary N) is 1. The number of hydrogen-bond donors (Lipinski definition) is 3. The Bertz CT molecular complexity index is 723. The first-order valence-corrected chi connectivity index (χ1v) is 8.67. The van der Waals surface area contributed by atoms with Crippen LogP contribution in [0.25, 0.3) is 0 Å². The second kappa shape index (κ2) is 7.23. The van der Waals surface area contributed by atoms with E-state index in [0.717, 1.165) is 18.4 Å². The van der Waals surface area contributed by atoms with Crippen LogP contribution in [0.15, 0.2) is 24.3 Å². The molecule has 1 aromatic carbocycles. The second-order valence-corrected chi connectivity index (χ2v) is 6.99. The quantitative estimate of drug-likeness (QED) is 0.696. The van der Waals surface area contributed by atoms with E-state index >= 15 is 0 Å². The summed E-state index contributed by atoms with van der Waals surface area (Å²) in [7, 11) is 0. The summed E-state index contributed by atoms with van der Waals surface area (Å²) in [6.45, 7) is 0.830. The third-order valence-electron chi connectivity index (χ3n) is 5.31. The molecule has 4 N–H and O–H groups in total. The molecule has 3 amide bonds. The Kier molecular flexibility index (Phi) is 5.01. The van der Waals surface area contributed by atoms with Gasteiger partial charge in [-0.2, -0.15) is 0 Å². The first kappa shape index (κ1) is 18.0. The number of likely N-dealkylation sites (tertiary alicyclic amines) is 1. The van der Waals surface area contributed by atoms with E-state index in [1.807, 2.05) is 6.07 Å². The minimum absolute atomic E-state index is 0.0382. The van der Waals surface area contributed by atoms with Gasteiger partial charge in [-0.3, -0.25) is 9.59 Å². The standard InChI is InChI=1S/C18H23N3O5/c19-15(22)10-26-14-5-1-3-12(7-14)8-20-17(25)21-9-13-4-2-6-18(13,11-21)16(23)24/h1,3,5,7,13H,2,4,6,8-11H2,(H2,19,22)(H,20,25)(H,23,24)/t13-,18+/m0/s1. The number of nitrogens with zero attached hydrogens (tertiary/aromatic N) is 1. The summed E-state index contributed by atoms with van der Waals surface area (Å²) in [4.78, 5) is 36.5. The van der Waals surface area contributed by atoms with Crippen LogP contribution in [0.5, 0.6) is 5.75 Å². The molecule has 26 heavy (non-hydrogen) atoms. The minimum atomic E-state index is -0.797. The number of hydrogen-bond acceptors (Lipinski definition) is 4. The number of primary amides is 1. The van der Waals surface area contributed by atoms with Crippen molar-refractivity contribution in [3.8, 4) is 5.75 Å². The molecule has 0 radical (unpaired) electrons. The maximum Gasteiger partial charge on any atom is 0.317 e. The van der Waals surface area contributed by atoms with Gasteiger partial charge in [-0.25, -0.2) is 4.79 Å². The Morgan fingerprint density at radius 2 is 2.19 bits per heavy atom. The van der Waals surface area contributed by atoms with Gasteiger partial charge in [0.25, 0.3) is 5.91 Å². The average molecular weight is 361 g/mol. The number of benzene rings is 1. The highest BCUT2D eigenvalue weighted by molar-refractivity contribution is 5.80. The van der Waals surface area contributed by atoms with Crippen LogP contribution < -0.4 is 15.8 Å². The maximum absolute atomic E-state index is 12.4. The van der Waals surface area contributed by atoms with E-state index in [9.17, 15) is 19.5 Å². The van der Waals surface area contributed by atoms with E-state index in [4.69, 9.17) is 10.5 Å². The van der Waals surface area contributed by atoms with Crippen LogP contribution >= 0.6 is 0 Å². The van der Waals surface area contributed by atoms with Crippen LogP contribution in [-0.2, 0) is 16.1 Å². The van der Waals surface area contributed by atoms with Gasteiger partial charge in [-0.1, -0.05) is 18.6 Å². The lowest BCUT2D eigenvalue weighted by Crippen LogP contribution is -2.41. The molecule has 0 aromatic heterocycles. The van der Waals surface area contributed by atoms with Crippen molar-refractivity contribution in [2.75, 3.05) is 19.7 Å². The Balaban J connectivity index is 1.56. The zero-order chi connectivity index (χ0) is 18.7. The van der Waals surface area contributed by atoms with Crippen LogP contribution in [0.2, 0.25) is 0 Å². The van der Waals surface area contributed by atoms with Gasteiger partial charge < -0.3 is 25.8 Å². The van der Waals surface area contributed by atoms with Gasteiger partial charge in [0.2, 0.25) is 0 Å². The summed E-state index contributed by atoms with van der Waals surface area (Å²) < 4.78 is 5.24. The molecule has 3 rings (SSSR count). The molecule has 0 unspecified atom stereocenters. The zero-order valence-corrected chi connectivity index (χ0v) is 14.4. The number of aliphatic carboxylic acids is 1. The number of urea groups is 1. The summed E-state index contributed by atoms with van der Waals surface area (Å²) >= 11 is 0. The molecule has 1 saturated heterocycles. The molecular weight excluding hydrogens is 338 g/mol. The van der Waals surface area contributed by atoms with Gasteiger partial charge in [-0.05, 0) is 36.5 Å². The number of fused-ring (bicyclic) bond motifs is 1. The highest BCUT2D eigenvalue weighted by Gasteiger charge is 2.55. The smallest absolute Gasteiger partial charge is 0.317 e. The van der Waals surface area contributed by atoms with Crippen LogP contribution in [-0.4, -0.2) is 47.6 Å². The number of ether oxygens (including phenoxy) is 1. The number of carboxylic acids is 1. The van der Waals surface area contributed by atoms with E-state index in [0.29, 0.717) is 18.7 Å². The van der Waals surface area contributed by atoms with Gasteiger partial charge >= 0.3 is 12.0 Å². The van der Waals surface area contributed by atoms with E-state index in [2.05, 4.69) is 5.32 Å². The predicted molar refractivity (Wildman–Crippen MR) is 92.3 cm³/mol. The monoisotopic (exact) mass is 361 g/mol. The summed E-state index contributed by atoms with van der Waals surface area (Å²) in [6, 6.07) is 6.75. The predicted octanol–water partition coefficient (Wildman–Crippen LogP) is 0.947. The molecule has 1 aliphatic carbocycles. The Morgan fingerprint density at radius 3 is 2.88 bits per heavy atom. The molecule has 2 atom stereocenters. The van der Waals surface area contributed by atoms with Crippen LogP contribution in [0, 0.1) is 11.3 Å². The van der Waals surface area contributed by atoms with Gasteiger partial charge in [-0.15, -0.1) is 0 Å². The Labute approximate surface area is 151 Å². The Morgan fingerprint density at radius 1 is 1.38 bits per heavy atom. The molecule has 1 saturated carbocycles. The van der Waals surface area contributed by atoms with Crippen molar-refractivity contribution >= 4 is 17.9 Å². The van der Waals surface area contributed by atoms with Gasteiger partial charge in [0.15, 0.2) is 6.61 Å². The molecule has 2 fully saturated rings. The number of rotatable bonds is 6. The number of amides is 3. The summed E-state index contributed by atoms with van der Waals surface area (Å²) in [6.07, 6.45) is 2.40. The van der Waals surface area contributed by atoms with E-state index in [1.165, 1.54) is 0 Å². The fraction of sp³-hybridized carbons (Fsp3) is 0.500. The van der Waals surface area contributed by atoms with Gasteiger partial charge in [0.1, 0.15) is 5.75 Å². The fourth-order valence-electron chi connectivity index (χ4n) is 3.98. The van der Waals surface area contributed by atoms with Crippen molar-refractivity contribution in [2.24, 2.45) is 17.1 Å². The number of carbonyl (C=O) groups excluding carboxylic acids is 2. The molecule has 1 heterocycles. The largest absolute Gasteiger partial charge is 0.484 e. The molecule has 0 spiro atoms. The van der Waals surface area contributed by atoms with Crippen LogP contribution in [0.1, 0.15) is 24.8 Å². The normalized spacial score (nSPS) is 24.2. The molecule has 0 bridgehead atoms. The van der Waals surface area contributed by atoms with Crippen LogP contribution in [0.4, 0.5) is 4.79 Å². The summed E-state index contributed by atoms with van der Waals surface area (Å²) in [5.74, 6) is -0.822. The fourth-order valence-corrected chi connectivity index (χ4v) is 3.98. The van der Waals surface area contributed by atoms with Gasteiger partial charge in [0.05, 0.1) is 5.41 Å². The molecule has 140 valence electrons. The van der Waals surface area contributed by atoms with E-state index in [1.54, 1.807) is 23.1 Å². The SMILES string of the molecule is NC(=O)COc1cccc(CNC(=O)N2C[C@@H]3CCC[C@@]3(C(=O)O)C2)c1. The Hall–Kier alpha value is -2.77. The van der Waals surface area contributed by atoms with Crippen molar-refractivity contribution in [1.29, 1.82) is 0 Å². The maximum atomic E-state index is 12.4. The number of carboxylic acid groups (broad SMARTS) is 1. The highest BCUT2D eigenvalue weighted by atomic mass is 16.5. The second-order valence-electron chi connectivity index (χ2n) is 6.99. The lowest BCUT2D eigenvalue weighted by Gasteiger charge is -2.23. The molecule has 1 aliphatic heterocycles. The first-order valence-electron chi connectivity index (χ1n) is 8.67. The number of nitrogens with two attached hydrogens (primary N) is 1. The molecule has 8 heteroatoms. The van der Waals surface area contributed by atoms with Crippen molar-refractivity contribution in [3.63, 3.8) is 0 Å². The highest BCUT2D eigenvalue weighted by Crippen LogP contribution is 2.48.